The smallest absolute Gasteiger partial charge is 0.288 e. The summed E-state index contributed by atoms with van der Waals surface area (Å²) in [7, 11) is 3.54. The van der Waals surface area contributed by atoms with Crippen molar-refractivity contribution in [1.29, 1.82) is 0 Å². The third-order valence-electron chi connectivity index (χ3n) is 6.11. The van der Waals surface area contributed by atoms with E-state index in [0.717, 1.165) is 30.6 Å². The van der Waals surface area contributed by atoms with Gasteiger partial charge in [-0.2, -0.15) is 0 Å². The van der Waals surface area contributed by atoms with Crippen LogP contribution in [0.1, 0.15) is 62.8 Å². The van der Waals surface area contributed by atoms with Gasteiger partial charge < -0.3 is 24.2 Å². The van der Waals surface area contributed by atoms with Crippen LogP contribution in [0.3, 0.4) is 0 Å². The molecule has 0 spiro atoms. The average Bonchev–Trinajstić information content (AvgIpc) is 2.81. The predicted octanol–water partition coefficient (Wildman–Crippen LogP) is 3.99. The van der Waals surface area contributed by atoms with Crippen LogP contribution in [0.2, 0.25) is 0 Å². The third kappa shape index (κ3) is 5.99. The minimum absolute atomic E-state index is 0.0335. The molecule has 0 unspecified atom stereocenters. The monoisotopic (exact) mass is 417 g/mol. The van der Waals surface area contributed by atoms with Gasteiger partial charge in [-0.1, -0.05) is 31.4 Å². The van der Waals surface area contributed by atoms with E-state index in [9.17, 15) is 4.79 Å². The molecular weight excluding hydrogens is 382 g/mol. The summed E-state index contributed by atoms with van der Waals surface area (Å²) in [5.41, 5.74) is 1.11. The molecule has 0 radical (unpaired) electrons. The molecular formula is C24H35NO5. The topological polar surface area (TPSA) is 68.2 Å². The van der Waals surface area contributed by atoms with Crippen molar-refractivity contribution < 1.29 is 24.1 Å². The van der Waals surface area contributed by atoms with Crippen molar-refractivity contribution in [2.75, 3.05) is 27.4 Å². The number of ether oxygens (including phenoxy) is 3. The van der Waals surface area contributed by atoms with Crippen molar-refractivity contribution in [3.05, 3.63) is 41.7 Å². The van der Waals surface area contributed by atoms with E-state index in [1.54, 1.807) is 7.11 Å². The van der Waals surface area contributed by atoms with Crippen LogP contribution in [0.15, 0.2) is 36.1 Å². The molecule has 2 aliphatic rings. The zero-order chi connectivity index (χ0) is 21.3. The second-order valence-electron chi connectivity index (χ2n) is 8.20. The Kier molecular flexibility index (Phi) is 8.58. The zero-order valence-electron chi connectivity index (χ0n) is 18.2. The largest absolute Gasteiger partial charge is 0.497 e. The van der Waals surface area contributed by atoms with Gasteiger partial charge in [-0.25, -0.2) is 0 Å². The van der Waals surface area contributed by atoms with E-state index in [-0.39, 0.29) is 24.5 Å². The van der Waals surface area contributed by atoms with Gasteiger partial charge in [0.15, 0.2) is 5.76 Å². The average molecular weight is 418 g/mol. The minimum Gasteiger partial charge on any atom is -0.497 e. The van der Waals surface area contributed by atoms with Gasteiger partial charge in [0.05, 0.1) is 13.7 Å². The van der Waals surface area contributed by atoms with E-state index in [4.69, 9.17) is 19.3 Å². The summed E-state index contributed by atoms with van der Waals surface area (Å²) in [4.78, 5) is 15.1. The molecule has 0 bridgehead atoms. The summed E-state index contributed by atoms with van der Waals surface area (Å²) >= 11 is 0. The maximum Gasteiger partial charge on any atom is 0.288 e. The lowest BCUT2D eigenvalue weighted by atomic mass is 9.92. The van der Waals surface area contributed by atoms with Crippen molar-refractivity contribution in [3.63, 3.8) is 0 Å². The van der Waals surface area contributed by atoms with Crippen molar-refractivity contribution in [2.45, 2.75) is 69.6 Å². The van der Waals surface area contributed by atoms with Crippen molar-refractivity contribution >= 4 is 5.91 Å². The number of aliphatic hydroxyl groups excluding tert-OH is 1. The number of methoxy groups -OCH3 is 1. The van der Waals surface area contributed by atoms with Crippen molar-refractivity contribution in [3.8, 4) is 5.75 Å². The number of allylic oxidation sites excluding steroid dienone is 1. The van der Waals surface area contributed by atoms with Crippen LogP contribution < -0.4 is 4.74 Å². The lowest BCUT2D eigenvalue weighted by Crippen LogP contribution is -2.41. The first kappa shape index (κ1) is 22.6. The van der Waals surface area contributed by atoms with Gasteiger partial charge in [0.1, 0.15) is 5.75 Å². The van der Waals surface area contributed by atoms with E-state index >= 15 is 0 Å². The number of rotatable bonds is 9. The first-order valence-corrected chi connectivity index (χ1v) is 11.1. The van der Waals surface area contributed by atoms with E-state index in [2.05, 4.69) is 0 Å². The fraction of sp³-hybridized carbons (Fsp3) is 0.625. The molecule has 2 atom stereocenters. The highest BCUT2D eigenvalue weighted by Gasteiger charge is 2.32. The van der Waals surface area contributed by atoms with Crippen LogP contribution in [-0.4, -0.2) is 55.6 Å². The molecule has 1 aliphatic heterocycles. The molecule has 1 aromatic rings. The fourth-order valence-corrected chi connectivity index (χ4v) is 4.23. The zero-order valence-corrected chi connectivity index (χ0v) is 18.2. The molecule has 1 aliphatic carbocycles. The minimum atomic E-state index is -0.473. The highest BCUT2D eigenvalue weighted by molar-refractivity contribution is 5.91. The molecule has 0 aromatic heterocycles. The number of likely N-dealkylation sites (N-methyl/N-ethyl adjacent to an activating group) is 1. The van der Waals surface area contributed by atoms with Gasteiger partial charge in [-0.05, 0) is 49.5 Å². The Bertz CT molecular complexity index is 696. The van der Waals surface area contributed by atoms with Crippen LogP contribution >= 0.6 is 0 Å². The van der Waals surface area contributed by atoms with Crippen molar-refractivity contribution in [1.82, 2.24) is 4.90 Å². The number of benzene rings is 1. The van der Waals surface area contributed by atoms with Crippen LogP contribution in [0.5, 0.6) is 5.75 Å². The van der Waals surface area contributed by atoms with Crippen LogP contribution in [-0.2, 0) is 14.3 Å². The standard InChI is InChI=1S/C24H35NO5/c1-25(20-8-4-3-5-9-20)24(27)22-16-19(18-10-12-21(28-2)13-11-18)17-23(30-22)29-15-7-6-14-26/h10-13,16,19-20,23,26H,3-9,14-15,17H2,1-2H3/t19-,23+/m1/s1. The van der Waals surface area contributed by atoms with Gasteiger partial charge in [-0.3, -0.25) is 4.79 Å². The van der Waals surface area contributed by atoms with Gasteiger partial charge >= 0.3 is 0 Å². The van der Waals surface area contributed by atoms with Gasteiger partial charge in [-0.15, -0.1) is 0 Å². The quantitative estimate of drug-likeness (QED) is 0.616. The summed E-state index contributed by atoms with van der Waals surface area (Å²) in [6.45, 7) is 0.652. The summed E-state index contributed by atoms with van der Waals surface area (Å²) in [6, 6.07) is 8.21. The Labute approximate surface area is 179 Å². The molecule has 1 aromatic carbocycles. The molecule has 166 valence electrons. The Morgan fingerprint density at radius 1 is 1.17 bits per heavy atom. The predicted molar refractivity (Wildman–Crippen MR) is 115 cm³/mol. The molecule has 30 heavy (non-hydrogen) atoms. The van der Waals surface area contributed by atoms with Gasteiger partial charge in [0.2, 0.25) is 6.29 Å². The maximum atomic E-state index is 13.2. The normalized spacial score (nSPS) is 22.2. The Hall–Kier alpha value is -2.05. The lowest BCUT2D eigenvalue weighted by molar-refractivity contribution is -0.153. The van der Waals surface area contributed by atoms with E-state index in [1.165, 1.54) is 19.3 Å². The third-order valence-corrected chi connectivity index (χ3v) is 6.11. The Morgan fingerprint density at radius 2 is 1.90 bits per heavy atom. The number of nitrogens with zero attached hydrogens (tertiary/aromatic N) is 1. The SMILES string of the molecule is COc1ccc([C@@H]2C=C(C(=O)N(C)C3CCCCC3)O[C@H](OCCCCO)C2)cc1. The van der Waals surface area contributed by atoms with E-state index in [1.807, 2.05) is 42.3 Å². The second-order valence-corrected chi connectivity index (χ2v) is 8.20. The highest BCUT2D eigenvalue weighted by atomic mass is 16.7. The van der Waals surface area contributed by atoms with Crippen molar-refractivity contribution in [2.24, 2.45) is 0 Å². The number of hydrogen-bond donors (Lipinski definition) is 1. The number of aliphatic hydroxyl groups is 1. The van der Waals surface area contributed by atoms with E-state index in [0.29, 0.717) is 25.2 Å². The molecule has 6 nitrogen and oxygen atoms in total. The number of amides is 1. The second kappa shape index (κ2) is 11.4. The van der Waals surface area contributed by atoms with Gasteiger partial charge in [0.25, 0.3) is 5.91 Å². The molecule has 1 fully saturated rings. The summed E-state index contributed by atoms with van der Waals surface area (Å²) in [5.74, 6) is 1.15. The fourth-order valence-electron chi connectivity index (χ4n) is 4.23. The molecule has 6 heteroatoms. The first-order valence-electron chi connectivity index (χ1n) is 11.1. The summed E-state index contributed by atoms with van der Waals surface area (Å²) in [6.07, 6.45) is 9.28. The first-order chi connectivity index (χ1) is 14.6. The Balaban J connectivity index is 1.74. The molecule has 1 heterocycles. The Morgan fingerprint density at radius 3 is 2.57 bits per heavy atom. The molecule has 1 amide bonds. The highest BCUT2D eigenvalue weighted by Crippen LogP contribution is 2.33. The summed E-state index contributed by atoms with van der Waals surface area (Å²) in [5, 5.41) is 8.98. The summed E-state index contributed by atoms with van der Waals surface area (Å²) < 4.78 is 17.2. The number of carbonyl (C=O) groups excluding carboxylic acids is 1. The van der Waals surface area contributed by atoms with E-state index < -0.39 is 6.29 Å². The maximum absolute atomic E-state index is 13.2. The molecule has 0 saturated heterocycles. The van der Waals surface area contributed by atoms with Crippen LogP contribution in [0.4, 0.5) is 0 Å². The lowest BCUT2D eigenvalue weighted by Gasteiger charge is -2.34. The molecule has 1 saturated carbocycles. The van der Waals surface area contributed by atoms with Crippen LogP contribution in [0, 0.1) is 0 Å². The molecule has 3 rings (SSSR count). The molecule has 1 N–H and O–H groups in total. The van der Waals surface area contributed by atoms with Gasteiger partial charge in [0, 0.05) is 32.0 Å². The number of hydrogen-bond acceptors (Lipinski definition) is 5. The number of carbonyl (C=O) groups is 1. The number of unbranched alkanes of at least 4 members (excludes halogenated alkanes) is 1. The van der Waals surface area contributed by atoms with Crippen LogP contribution in [0.25, 0.3) is 0 Å².